The molecule has 3 heterocycles. The number of halogens is 1. The van der Waals surface area contributed by atoms with Gasteiger partial charge in [0.15, 0.2) is 0 Å². The minimum absolute atomic E-state index is 0.0587. The molecule has 0 spiro atoms. The highest BCUT2D eigenvalue weighted by Crippen LogP contribution is 2.24. The number of fused-ring (bicyclic) bond motifs is 1. The quantitative estimate of drug-likeness (QED) is 0.359. The molecule has 2 aromatic rings. The molecule has 9 nitrogen and oxygen atoms in total. The van der Waals surface area contributed by atoms with Gasteiger partial charge in [-0.3, -0.25) is 4.79 Å². The van der Waals surface area contributed by atoms with Crippen molar-refractivity contribution in [3.05, 3.63) is 58.5 Å². The van der Waals surface area contributed by atoms with Crippen LogP contribution in [0.15, 0.2) is 40.5 Å². The smallest absolute Gasteiger partial charge is 0.320 e. The molecule has 0 aliphatic carbocycles. The maximum absolute atomic E-state index is 14.8. The van der Waals surface area contributed by atoms with Crippen molar-refractivity contribution < 1.29 is 18.7 Å². The van der Waals surface area contributed by atoms with Crippen LogP contribution < -0.4 is 5.32 Å². The van der Waals surface area contributed by atoms with Crippen molar-refractivity contribution in [1.82, 2.24) is 14.8 Å². The summed E-state index contributed by atoms with van der Waals surface area (Å²) in [6.07, 6.45) is 6.80. The zero-order valence-corrected chi connectivity index (χ0v) is 20.5. The number of amides is 3. The normalized spacial score (nSPS) is 15.9. The van der Waals surface area contributed by atoms with E-state index in [1.807, 2.05) is 0 Å². The Morgan fingerprint density at radius 3 is 2.78 bits per heavy atom. The molecule has 4 rings (SSSR count). The van der Waals surface area contributed by atoms with Crippen molar-refractivity contribution in [2.45, 2.75) is 39.2 Å². The first kappa shape index (κ1) is 25.4. The highest BCUT2D eigenvalue weighted by Gasteiger charge is 2.28. The lowest BCUT2D eigenvalue weighted by Crippen LogP contribution is -2.49. The Morgan fingerprint density at radius 1 is 1.14 bits per heavy atom. The number of nitrogens with one attached hydrogen (secondary N) is 1. The summed E-state index contributed by atoms with van der Waals surface area (Å²) >= 11 is 0. The van der Waals surface area contributed by atoms with Crippen LogP contribution in [0, 0.1) is 5.82 Å². The van der Waals surface area contributed by atoms with Gasteiger partial charge in [0.25, 0.3) is 5.91 Å². The summed E-state index contributed by atoms with van der Waals surface area (Å²) in [4.78, 5) is 33.6. The third-order valence-electron chi connectivity index (χ3n) is 6.14. The van der Waals surface area contributed by atoms with Gasteiger partial charge in [-0.2, -0.15) is 10.2 Å². The lowest BCUT2D eigenvalue weighted by Gasteiger charge is -2.35. The van der Waals surface area contributed by atoms with Gasteiger partial charge in [-0.25, -0.2) is 14.2 Å². The summed E-state index contributed by atoms with van der Waals surface area (Å²) in [6, 6.07) is 7.96. The third-order valence-corrected chi connectivity index (χ3v) is 6.14. The lowest BCUT2D eigenvalue weighted by molar-refractivity contribution is 0.0421. The molecule has 1 aromatic carbocycles. The number of unbranched alkanes of at least 4 members (excludes halogenated alkanes) is 2. The maximum atomic E-state index is 14.8. The van der Waals surface area contributed by atoms with E-state index in [1.165, 1.54) is 18.3 Å². The van der Waals surface area contributed by atoms with Crippen LogP contribution in [0.4, 0.5) is 15.0 Å². The van der Waals surface area contributed by atoms with Crippen molar-refractivity contribution in [3.63, 3.8) is 0 Å². The zero-order valence-electron chi connectivity index (χ0n) is 20.5. The molecule has 1 N–H and O–H groups in total. The van der Waals surface area contributed by atoms with Crippen LogP contribution in [0.5, 0.6) is 0 Å². The van der Waals surface area contributed by atoms with Gasteiger partial charge in [-0.1, -0.05) is 19.4 Å². The number of rotatable bonds is 7. The second-order valence-electron chi connectivity index (χ2n) is 8.74. The van der Waals surface area contributed by atoms with E-state index in [1.54, 1.807) is 34.2 Å². The van der Waals surface area contributed by atoms with Gasteiger partial charge in [0.1, 0.15) is 11.6 Å². The molecule has 1 fully saturated rings. The van der Waals surface area contributed by atoms with Crippen LogP contribution >= 0.6 is 0 Å². The van der Waals surface area contributed by atoms with Crippen molar-refractivity contribution in [2.24, 2.45) is 10.2 Å². The lowest BCUT2D eigenvalue weighted by atomic mass is 9.96. The Labute approximate surface area is 210 Å². The molecule has 190 valence electrons. The second-order valence-corrected chi connectivity index (χ2v) is 8.74. The molecule has 0 atom stereocenters. The predicted molar refractivity (Wildman–Crippen MR) is 136 cm³/mol. The van der Waals surface area contributed by atoms with E-state index in [4.69, 9.17) is 4.74 Å². The molecular formula is C26H31FN6O3. The molecule has 10 heteroatoms. The molecule has 0 unspecified atom stereocenters. The van der Waals surface area contributed by atoms with Crippen LogP contribution in [-0.4, -0.2) is 72.0 Å². The van der Waals surface area contributed by atoms with E-state index in [9.17, 15) is 14.0 Å². The van der Waals surface area contributed by atoms with Crippen LogP contribution in [0.2, 0.25) is 0 Å². The van der Waals surface area contributed by atoms with Crippen molar-refractivity contribution in [2.75, 3.05) is 38.2 Å². The standard InChI is InChI=1S/C26H31FN6O3/c1-2-3-4-9-28-29-17-21-6-5-7-24(30-21)31-25(34)22-15-20-18-33(10-8-19(20)16-23(22)27)26(35)32-11-13-36-14-12-32/h5-7,9,15-17H,2-4,8,10-14,18H2,1H3,(H,30,31,34)/b28-9+,29-17+. The first-order chi connectivity index (χ1) is 17.5. The monoisotopic (exact) mass is 494 g/mol. The highest BCUT2D eigenvalue weighted by molar-refractivity contribution is 6.04. The van der Waals surface area contributed by atoms with Gasteiger partial charge in [0.2, 0.25) is 0 Å². The summed E-state index contributed by atoms with van der Waals surface area (Å²) in [6.45, 7) is 5.11. The van der Waals surface area contributed by atoms with E-state index in [2.05, 4.69) is 27.4 Å². The first-order valence-corrected chi connectivity index (χ1v) is 12.3. The Bertz CT molecular complexity index is 1150. The molecular weight excluding hydrogens is 463 g/mol. The van der Waals surface area contributed by atoms with Gasteiger partial charge in [-0.05, 0) is 54.7 Å². The fraction of sp³-hybridized carbons (Fsp3) is 0.423. The Morgan fingerprint density at radius 2 is 1.97 bits per heavy atom. The topological polar surface area (TPSA) is 99.5 Å². The number of hydrogen-bond acceptors (Lipinski definition) is 6. The van der Waals surface area contributed by atoms with Crippen molar-refractivity contribution in [3.8, 4) is 0 Å². The minimum atomic E-state index is -0.605. The Hall–Kier alpha value is -3.66. The molecule has 1 aromatic heterocycles. The van der Waals surface area contributed by atoms with E-state index in [0.717, 1.165) is 30.4 Å². The number of hydrogen-bond donors (Lipinski definition) is 1. The molecule has 0 radical (unpaired) electrons. The van der Waals surface area contributed by atoms with Gasteiger partial charge < -0.3 is 19.9 Å². The fourth-order valence-electron chi connectivity index (χ4n) is 4.14. The number of carbonyl (C=O) groups is 2. The zero-order chi connectivity index (χ0) is 25.3. The maximum Gasteiger partial charge on any atom is 0.320 e. The third kappa shape index (κ3) is 6.51. The molecule has 3 amide bonds. The predicted octanol–water partition coefficient (Wildman–Crippen LogP) is 3.88. The van der Waals surface area contributed by atoms with E-state index >= 15 is 0 Å². The van der Waals surface area contributed by atoms with Crippen LogP contribution in [0.25, 0.3) is 0 Å². The number of nitrogens with zero attached hydrogens (tertiary/aromatic N) is 5. The molecule has 0 bridgehead atoms. The molecule has 2 aliphatic heterocycles. The van der Waals surface area contributed by atoms with Gasteiger partial charge in [0.05, 0.1) is 30.7 Å². The van der Waals surface area contributed by atoms with Crippen molar-refractivity contribution in [1.29, 1.82) is 0 Å². The average Bonchev–Trinajstić information content (AvgIpc) is 2.90. The Balaban J connectivity index is 1.42. The molecule has 0 saturated carbocycles. The summed E-state index contributed by atoms with van der Waals surface area (Å²) in [5, 5.41) is 10.6. The summed E-state index contributed by atoms with van der Waals surface area (Å²) < 4.78 is 20.2. The number of anilines is 1. The Kier molecular flexibility index (Phi) is 8.72. The number of urea groups is 1. The van der Waals surface area contributed by atoms with Crippen LogP contribution in [0.1, 0.15) is 53.4 Å². The number of aromatic nitrogens is 1. The van der Waals surface area contributed by atoms with Crippen LogP contribution in [-0.2, 0) is 17.7 Å². The SMILES string of the molecule is CCCC/C=N/N=C/c1cccc(NC(=O)c2cc3c(cc2F)CCN(C(=O)N2CCOCC2)C3)n1. The summed E-state index contributed by atoms with van der Waals surface area (Å²) in [5.74, 6) is -0.926. The fourth-order valence-corrected chi connectivity index (χ4v) is 4.14. The van der Waals surface area contributed by atoms with Gasteiger partial charge in [0, 0.05) is 32.4 Å². The number of carbonyl (C=O) groups excluding carboxylic acids is 2. The van der Waals surface area contributed by atoms with E-state index in [0.29, 0.717) is 51.5 Å². The van der Waals surface area contributed by atoms with Gasteiger partial charge in [-0.15, -0.1) is 0 Å². The number of ether oxygens (including phenoxy) is 1. The summed E-state index contributed by atoms with van der Waals surface area (Å²) in [7, 11) is 0. The number of pyridine rings is 1. The molecule has 2 aliphatic rings. The largest absolute Gasteiger partial charge is 0.378 e. The highest BCUT2D eigenvalue weighted by atomic mass is 19.1. The van der Waals surface area contributed by atoms with Crippen molar-refractivity contribution >= 4 is 30.2 Å². The summed E-state index contributed by atoms with van der Waals surface area (Å²) in [5.41, 5.74) is 2.01. The second kappa shape index (κ2) is 12.3. The molecule has 36 heavy (non-hydrogen) atoms. The van der Waals surface area contributed by atoms with E-state index < -0.39 is 11.7 Å². The average molecular weight is 495 g/mol. The number of benzene rings is 1. The number of morpholine rings is 1. The minimum Gasteiger partial charge on any atom is -0.378 e. The van der Waals surface area contributed by atoms with E-state index in [-0.39, 0.29) is 17.4 Å². The molecule has 1 saturated heterocycles. The van der Waals surface area contributed by atoms with Crippen LogP contribution in [0.3, 0.4) is 0 Å². The first-order valence-electron chi connectivity index (χ1n) is 12.3. The van der Waals surface area contributed by atoms with Gasteiger partial charge >= 0.3 is 6.03 Å².